The summed E-state index contributed by atoms with van der Waals surface area (Å²) in [7, 11) is -1.72. The van der Waals surface area contributed by atoms with Gasteiger partial charge in [0.15, 0.2) is 11.5 Å². The quantitative estimate of drug-likeness (QED) is 0.485. The first-order chi connectivity index (χ1) is 16.6. The predicted octanol–water partition coefficient (Wildman–Crippen LogP) is 2.39. The van der Waals surface area contributed by atoms with Crippen molar-refractivity contribution in [3.8, 4) is 0 Å². The van der Waals surface area contributed by atoms with Crippen LogP contribution in [0.25, 0.3) is 0 Å². The first-order valence-electron chi connectivity index (χ1n) is 11.3. The Morgan fingerprint density at radius 2 is 1.63 bits per heavy atom. The van der Waals surface area contributed by atoms with Crippen molar-refractivity contribution in [2.24, 2.45) is 0 Å². The molecule has 184 valence electrons. The number of hydrogen-bond acceptors (Lipinski definition) is 7. The Morgan fingerprint density at radius 3 is 2.14 bits per heavy atom. The van der Waals surface area contributed by atoms with E-state index < -0.39 is 27.3 Å². The van der Waals surface area contributed by atoms with Gasteiger partial charge in [-0.05, 0) is 41.2 Å². The number of carbonyl (C=O) groups excluding carboxylic acids is 2. The maximum Gasteiger partial charge on any atom is 0.276 e. The van der Waals surface area contributed by atoms with E-state index in [-0.39, 0.29) is 30.7 Å². The molecule has 4 rings (SSSR count). The SMILES string of the molecule is C=CC(=O)/C(O)=C1/C(=O)N(CCS(C)(=O)=O)CN(C2c3ccccc3CCc3ccccc32)N1C. The minimum absolute atomic E-state index is 0.0723. The molecular weight excluding hydrogens is 466 g/mol. The highest BCUT2D eigenvalue weighted by atomic mass is 32.2. The fraction of sp³-hybridized carbons (Fsp3) is 0.308. The van der Waals surface area contributed by atoms with E-state index >= 15 is 0 Å². The molecule has 1 amide bonds. The zero-order valence-electron chi connectivity index (χ0n) is 19.8. The monoisotopic (exact) mass is 495 g/mol. The Balaban J connectivity index is 1.89. The molecule has 1 aliphatic heterocycles. The summed E-state index contributed by atoms with van der Waals surface area (Å²) < 4.78 is 23.8. The molecule has 9 heteroatoms. The number of sulfone groups is 1. The molecule has 2 aromatic carbocycles. The maximum atomic E-state index is 13.4. The molecule has 1 heterocycles. The molecular formula is C26H29N3O5S. The van der Waals surface area contributed by atoms with Crippen LogP contribution in [0.3, 0.4) is 0 Å². The number of amides is 1. The van der Waals surface area contributed by atoms with E-state index in [0.29, 0.717) is 0 Å². The Kier molecular flexibility index (Phi) is 6.82. The van der Waals surface area contributed by atoms with Gasteiger partial charge in [-0.25, -0.2) is 8.42 Å². The summed E-state index contributed by atoms with van der Waals surface area (Å²) >= 11 is 0. The van der Waals surface area contributed by atoms with Gasteiger partial charge >= 0.3 is 0 Å². The fourth-order valence-corrected chi connectivity index (χ4v) is 5.29. The number of carbonyl (C=O) groups is 2. The van der Waals surface area contributed by atoms with Gasteiger partial charge in [-0.1, -0.05) is 55.1 Å². The van der Waals surface area contributed by atoms with Crippen molar-refractivity contribution in [2.75, 3.05) is 32.3 Å². The van der Waals surface area contributed by atoms with Crippen LogP contribution in [0.4, 0.5) is 0 Å². The molecule has 0 unspecified atom stereocenters. The molecule has 2 aromatic rings. The Bertz CT molecular complexity index is 1270. The van der Waals surface area contributed by atoms with E-state index in [0.717, 1.165) is 36.3 Å². The highest BCUT2D eigenvalue weighted by Gasteiger charge is 2.41. The summed E-state index contributed by atoms with van der Waals surface area (Å²) in [6, 6.07) is 15.8. The molecule has 1 fully saturated rings. The summed E-state index contributed by atoms with van der Waals surface area (Å²) in [6.45, 7) is 3.42. The van der Waals surface area contributed by atoms with Crippen molar-refractivity contribution in [2.45, 2.75) is 18.9 Å². The molecule has 0 bridgehead atoms. The first-order valence-corrected chi connectivity index (χ1v) is 13.4. The predicted molar refractivity (Wildman–Crippen MR) is 133 cm³/mol. The summed E-state index contributed by atoms with van der Waals surface area (Å²) in [5.74, 6) is -2.36. The number of hydrogen-bond donors (Lipinski definition) is 1. The van der Waals surface area contributed by atoms with E-state index in [1.54, 1.807) is 7.05 Å². The number of aliphatic hydroxyl groups is 1. The fourth-order valence-electron chi connectivity index (χ4n) is 4.74. The normalized spacial score (nSPS) is 18.5. The number of fused-ring (bicyclic) bond motifs is 2. The number of benzene rings is 2. The lowest BCUT2D eigenvalue weighted by atomic mass is 9.94. The summed E-state index contributed by atoms with van der Waals surface area (Å²) in [6.07, 6.45) is 3.75. The third-order valence-electron chi connectivity index (χ3n) is 6.55. The highest BCUT2D eigenvalue weighted by Crippen LogP contribution is 2.39. The van der Waals surface area contributed by atoms with Crippen molar-refractivity contribution in [1.82, 2.24) is 14.9 Å². The van der Waals surface area contributed by atoms with E-state index in [1.807, 2.05) is 41.4 Å². The number of aryl methyl sites for hydroxylation is 2. The van der Waals surface area contributed by atoms with Crippen molar-refractivity contribution in [1.29, 1.82) is 0 Å². The van der Waals surface area contributed by atoms with Gasteiger partial charge in [0, 0.05) is 19.8 Å². The maximum absolute atomic E-state index is 13.4. The Labute approximate surface area is 205 Å². The first kappa shape index (κ1) is 24.7. The smallest absolute Gasteiger partial charge is 0.276 e. The standard InChI is InChI=1S/C26H29N3O5S/c1-4-22(30)25(31)24-26(32)28(15-16-35(3,33)34)17-29(27(24)2)23-20-11-7-5-9-18(20)13-14-19-10-6-8-12-21(19)23/h4-12,23,31H,1,13-17H2,2-3H3/b25-24+. The molecule has 8 nitrogen and oxygen atoms in total. The van der Waals surface area contributed by atoms with Crippen LogP contribution in [0.1, 0.15) is 28.3 Å². The number of allylic oxidation sites excluding steroid dienone is 1. The van der Waals surface area contributed by atoms with Gasteiger partial charge < -0.3 is 10.0 Å². The van der Waals surface area contributed by atoms with Crippen LogP contribution >= 0.6 is 0 Å². The second kappa shape index (κ2) is 9.67. The zero-order chi connectivity index (χ0) is 25.3. The van der Waals surface area contributed by atoms with Gasteiger partial charge in [-0.2, -0.15) is 5.01 Å². The molecule has 35 heavy (non-hydrogen) atoms. The number of likely N-dealkylation sites (N-methyl/N-ethyl adjacent to an activating group) is 1. The minimum atomic E-state index is -3.35. The molecule has 1 saturated heterocycles. The van der Waals surface area contributed by atoms with Crippen molar-refractivity contribution >= 4 is 21.5 Å². The molecule has 0 radical (unpaired) electrons. The van der Waals surface area contributed by atoms with Crippen LogP contribution in [-0.4, -0.2) is 72.4 Å². The highest BCUT2D eigenvalue weighted by molar-refractivity contribution is 7.90. The number of rotatable bonds is 6. The summed E-state index contributed by atoms with van der Waals surface area (Å²) in [5, 5.41) is 14.1. The number of aliphatic hydroxyl groups excluding tert-OH is 1. The van der Waals surface area contributed by atoms with Gasteiger partial charge in [0.25, 0.3) is 5.91 Å². The Morgan fingerprint density at radius 1 is 1.09 bits per heavy atom. The van der Waals surface area contributed by atoms with Gasteiger partial charge in [0.05, 0.1) is 18.5 Å². The minimum Gasteiger partial charge on any atom is -0.503 e. The van der Waals surface area contributed by atoms with Crippen LogP contribution < -0.4 is 0 Å². The van der Waals surface area contributed by atoms with E-state index in [2.05, 4.69) is 18.7 Å². The third kappa shape index (κ3) is 4.87. The van der Waals surface area contributed by atoms with E-state index in [1.165, 1.54) is 21.0 Å². The van der Waals surface area contributed by atoms with Crippen LogP contribution in [0, 0.1) is 0 Å². The van der Waals surface area contributed by atoms with Crippen molar-refractivity contribution in [3.05, 3.63) is 94.9 Å². The summed E-state index contributed by atoms with van der Waals surface area (Å²) in [4.78, 5) is 27.0. The second-order valence-corrected chi connectivity index (χ2v) is 11.1. The molecule has 0 saturated carbocycles. The molecule has 0 spiro atoms. The average Bonchev–Trinajstić information content (AvgIpc) is 2.99. The van der Waals surface area contributed by atoms with Crippen molar-refractivity contribution < 1.29 is 23.1 Å². The zero-order valence-corrected chi connectivity index (χ0v) is 20.7. The molecule has 0 aromatic heterocycles. The lowest BCUT2D eigenvalue weighted by Gasteiger charge is -2.47. The van der Waals surface area contributed by atoms with Gasteiger partial charge in [-0.15, -0.1) is 0 Å². The van der Waals surface area contributed by atoms with Gasteiger partial charge in [-0.3, -0.25) is 14.6 Å². The number of nitrogens with zero attached hydrogens (tertiary/aromatic N) is 3. The van der Waals surface area contributed by atoms with Crippen LogP contribution in [-0.2, 0) is 32.3 Å². The van der Waals surface area contributed by atoms with E-state index in [4.69, 9.17) is 0 Å². The summed E-state index contributed by atoms with van der Waals surface area (Å²) in [5.41, 5.74) is 4.22. The largest absolute Gasteiger partial charge is 0.503 e. The molecule has 2 aliphatic rings. The molecule has 1 N–H and O–H groups in total. The van der Waals surface area contributed by atoms with E-state index in [9.17, 15) is 23.1 Å². The lowest BCUT2D eigenvalue weighted by molar-refractivity contribution is -0.151. The molecule has 1 aliphatic carbocycles. The number of ketones is 1. The lowest BCUT2D eigenvalue weighted by Crippen LogP contribution is -2.58. The average molecular weight is 496 g/mol. The van der Waals surface area contributed by atoms with Gasteiger partial charge in [0.1, 0.15) is 9.84 Å². The van der Waals surface area contributed by atoms with Crippen LogP contribution in [0.5, 0.6) is 0 Å². The second-order valence-electron chi connectivity index (χ2n) is 8.87. The van der Waals surface area contributed by atoms with Crippen LogP contribution in [0.2, 0.25) is 0 Å². The van der Waals surface area contributed by atoms with Crippen LogP contribution in [0.15, 0.2) is 72.6 Å². The van der Waals surface area contributed by atoms with Crippen molar-refractivity contribution in [3.63, 3.8) is 0 Å². The third-order valence-corrected chi connectivity index (χ3v) is 7.47. The molecule has 0 atom stereocenters. The van der Waals surface area contributed by atoms with Gasteiger partial charge in [0.2, 0.25) is 5.78 Å². The topological polar surface area (TPSA) is 98.2 Å². The Hall–Kier alpha value is -3.43. The number of hydrazine groups is 1.